The summed E-state index contributed by atoms with van der Waals surface area (Å²) in [5.41, 5.74) is 8.62. The fourth-order valence-electron chi connectivity index (χ4n) is 1.81. The van der Waals surface area contributed by atoms with Crippen molar-refractivity contribution < 1.29 is 4.74 Å². The van der Waals surface area contributed by atoms with Crippen LogP contribution in [0.25, 0.3) is 11.1 Å². The number of nitrogens with two attached hydrogens (primary N) is 1. The van der Waals surface area contributed by atoms with E-state index < -0.39 is 0 Å². The molecule has 0 aliphatic rings. The predicted octanol–water partition coefficient (Wildman–Crippen LogP) is 3.44. The molecule has 1 aromatic carbocycles. The summed E-state index contributed by atoms with van der Waals surface area (Å²) in [6.45, 7) is 4.23. The molecule has 96 valence electrons. The van der Waals surface area contributed by atoms with Gasteiger partial charge in [-0.1, -0.05) is 25.4 Å². The van der Waals surface area contributed by atoms with Crippen LogP contribution in [0.15, 0.2) is 18.3 Å². The number of aromatic amines is 1. The summed E-state index contributed by atoms with van der Waals surface area (Å²) in [7, 11) is 1.60. The van der Waals surface area contributed by atoms with Gasteiger partial charge in [0.2, 0.25) is 0 Å². The number of ether oxygens (including phenoxy) is 1. The van der Waals surface area contributed by atoms with Crippen LogP contribution >= 0.6 is 11.6 Å². The third-order valence-corrected chi connectivity index (χ3v) is 3.30. The van der Waals surface area contributed by atoms with Gasteiger partial charge in [0.1, 0.15) is 11.6 Å². The van der Waals surface area contributed by atoms with Gasteiger partial charge in [-0.2, -0.15) is 5.10 Å². The summed E-state index contributed by atoms with van der Waals surface area (Å²) in [5.74, 6) is 1.53. The second kappa shape index (κ2) is 4.90. The molecule has 3 N–H and O–H groups in total. The normalized spacial score (nSPS) is 10.9. The quantitative estimate of drug-likeness (QED) is 0.893. The van der Waals surface area contributed by atoms with Crippen LogP contribution in [0.4, 0.5) is 5.82 Å². The van der Waals surface area contributed by atoms with Crippen LogP contribution in [0.3, 0.4) is 0 Å². The first-order chi connectivity index (χ1) is 8.54. The maximum absolute atomic E-state index is 6.33. The maximum atomic E-state index is 6.33. The van der Waals surface area contributed by atoms with Crippen LogP contribution in [0.1, 0.15) is 25.3 Å². The molecule has 1 aromatic heterocycles. The fraction of sp³-hybridized carbons (Fsp3) is 0.308. The number of nitrogens with one attached hydrogen (secondary N) is 1. The molecule has 0 bridgehead atoms. The topological polar surface area (TPSA) is 63.9 Å². The zero-order valence-electron chi connectivity index (χ0n) is 10.6. The monoisotopic (exact) mass is 265 g/mol. The number of anilines is 1. The van der Waals surface area contributed by atoms with Gasteiger partial charge in [0, 0.05) is 11.1 Å². The zero-order chi connectivity index (χ0) is 13.3. The van der Waals surface area contributed by atoms with Gasteiger partial charge >= 0.3 is 0 Å². The van der Waals surface area contributed by atoms with E-state index in [1.165, 1.54) is 0 Å². The molecule has 1 heterocycles. The van der Waals surface area contributed by atoms with Crippen LogP contribution in [-0.4, -0.2) is 17.3 Å². The Balaban J connectivity index is 2.66. The molecule has 2 rings (SSSR count). The summed E-state index contributed by atoms with van der Waals surface area (Å²) >= 11 is 6.33. The highest BCUT2D eigenvalue weighted by Gasteiger charge is 2.15. The van der Waals surface area contributed by atoms with Gasteiger partial charge < -0.3 is 10.5 Å². The number of H-pyrrole nitrogens is 1. The lowest BCUT2D eigenvalue weighted by Gasteiger charge is -2.13. The van der Waals surface area contributed by atoms with Gasteiger partial charge in [-0.25, -0.2) is 0 Å². The molecular weight excluding hydrogens is 250 g/mol. The van der Waals surface area contributed by atoms with E-state index in [0.717, 1.165) is 16.7 Å². The molecule has 4 nitrogen and oxygen atoms in total. The first kappa shape index (κ1) is 12.8. The molecule has 0 saturated carbocycles. The van der Waals surface area contributed by atoms with Crippen molar-refractivity contribution >= 4 is 17.4 Å². The second-order valence-corrected chi connectivity index (χ2v) is 4.81. The molecule has 0 radical (unpaired) electrons. The number of rotatable bonds is 3. The van der Waals surface area contributed by atoms with Crippen molar-refractivity contribution in [3.63, 3.8) is 0 Å². The number of nitrogens with zero attached hydrogens (tertiary/aromatic N) is 1. The van der Waals surface area contributed by atoms with Gasteiger partial charge in [0.25, 0.3) is 0 Å². The Morgan fingerprint density at radius 1 is 1.33 bits per heavy atom. The SMILES string of the molecule is COc1cc(C(C)C)cc(-c2cn[nH]c2N)c1Cl. The number of hydrogen-bond acceptors (Lipinski definition) is 3. The standard InChI is InChI=1S/C13H16ClN3O/c1-7(2)8-4-9(10-6-16-17-13(10)15)12(14)11(5-8)18-3/h4-7H,1-3H3,(H3,15,16,17). The van der Waals surface area contributed by atoms with E-state index in [9.17, 15) is 0 Å². The Morgan fingerprint density at radius 3 is 2.56 bits per heavy atom. The van der Waals surface area contributed by atoms with Crippen molar-refractivity contribution in [2.75, 3.05) is 12.8 Å². The lowest BCUT2D eigenvalue weighted by atomic mass is 9.97. The van der Waals surface area contributed by atoms with E-state index in [1.54, 1.807) is 13.3 Å². The molecular formula is C13H16ClN3O. The minimum Gasteiger partial charge on any atom is -0.495 e. The third kappa shape index (κ3) is 2.16. The van der Waals surface area contributed by atoms with Crippen molar-refractivity contribution in [2.45, 2.75) is 19.8 Å². The molecule has 0 unspecified atom stereocenters. The van der Waals surface area contributed by atoms with Crippen molar-refractivity contribution in [1.82, 2.24) is 10.2 Å². The van der Waals surface area contributed by atoms with Crippen LogP contribution in [0, 0.1) is 0 Å². The predicted molar refractivity (Wildman–Crippen MR) is 74.1 cm³/mol. The minimum atomic E-state index is 0.378. The highest BCUT2D eigenvalue weighted by molar-refractivity contribution is 6.35. The summed E-state index contributed by atoms with van der Waals surface area (Å²) in [5, 5.41) is 7.18. The summed E-state index contributed by atoms with van der Waals surface area (Å²) in [6, 6.07) is 3.98. The largest absolute Gasteiger partial charge is 0.495 e. The molecule has 5 heteroatoms. The Kier molecular flexibility index (Phi) is 3.48. The second-order valence-electron chi connectivity index (χ2n) is 4.44. The van der Waals surface area contributed by atoms with E-state index in [2.05, 4.69) is 24.0 Å². The number of methoxy groups -OCH3 is 1. The van der Waals surface area contributed by atoms with Gasteiger partial charge in [0.05, 0.1) is 18.3 Å². The fourth-order valence-corrected chi connectivity index (χ4v) is 2.10. The van der Waals surface area contributed by atoms with Crippen molar-refractivity contribution in [1.29, 1.82) is 0 Å². The molecule has 0 saturated heterocycles. The van der Waals surface area contributed by atoms with Crippen molar-refractivity contribution in [2.24, 2.45) is 0 Å². The van der Waals surface area contributed by atoms with Crippen LogP contribution in [0.2, 0.25) is 5.02 Å². The highest BCUT2D eigenvalue weighted by Crippen LogP contribution is 2.39. The van der Waals surface area contributed by atoms with E-state index in [-0.39, 0.29) is 0 Å². The molecule has 18 heavy (non-hydrogen) atoms. The number of nitrogen functional groups attached to an aromatic ring is 1. The Bertz CT molecular complexity index is 563. The average molecular weight is 266 g/mol. The highest BCUT2D eigenvalue weighted by atomic mass is 35.5. The smallest absolute Gasteiger partial charge is 0.138 e. The molecule has 0 fully saturated rings. The van der Waals surface area contributed by atoms with Crippen molar-refractivity contribution in [3.8, 4) is 16.9 Å². The third-order valence-electron chi connectivity index (χ3n) is 2.91. The lowest BCUT2D eigenvalue weighted by molar-refractivity contribution is 0.414. The van der Waals surface area contributed by atoms with Gasteiger partial charge in [-0.15, -0.1) is 0 Å². The van der Waals surface area contributed by atoms with Gasteiger partial charge in [-0.3, -0.25) is 5.10 Å². The van der Waals surface area contributed by atoms with Crippen LogP contribution < -0.4 is 10.5 Å². The summed E-state index contributed by atoms with van der Waals surface area (Å²) < 4.78 is 5.31. The summed E-state index contributed by atoms with van der Waals surface area (Å²) in [4.78, 5) is 0. The Labute approximate surface area is 111 Å². The summed E-state index contributed by atoms with van der Waals surface area (Å²) in [6.07, 6.45) is 1.67. The maximum Gasteiger partial charge on any atom is 0.138 e. The van der Waals surface area contributed by atoms with Crippen LogP contribution in [-0.2, 0) is 0 Å². The van der Waals surface area contributed by atoms with E-state index in [1.807, 2.05) is 12.1 Å². The zero-order valence-corrected chi connectivity index (χ0v) is 11.4. The molecule has 0 amide bonds. The number of hydrogen-bond donors (Lipinski definition) is 2. The van der Waals surface area contributed by atoms with E-state index in [4.69, 9.17) is 22.1 Å². The lowest BCUT2D eigenvalue weighted by Crippen LogP contribution is -1.95. The number of benzene rings is 1. The molecule has 0 spiro atoms. The first-order valence-corrected chi connectivity index (χ1v) is 6.09. The molecule has 0 aliphatic heterocycles. The van der Waals surface area contributed by atoms with Crippen LogP contribution in [0.5, 0.6) is 5.75 Å². The average Bonchev–Trinajstić information content (AvgIpc) is 2.75. The Morgan fingerprint density at radius 2 is 2.06 bits per heavy atom. The van der Waals surface area contributed by atoms with E-state index in [0.29, 0.717) is 22.5 Å². The van der Waals surface area contributed by atoms with Gasteiger partial charge in [-0.05, 0) is 23.6 Å². The molecule has 0 atom stereocenters. The molecule has 2 aromatic rings. The van der Waals surface area contributed by atoms with E-state index >= 15 is 0 Å². The first-order valence-electron chi connectivity index (χ1n) is 5.71. The molecule has 0 aliphatic carbocycles. The minimum absolute atomic E-state index is 0.378. The van der Waals surface area contributed by atoms with Crippen molar-refractivity contribution in [3.05, 3.63) is 28.9 Å². The number of aromatic nitrogens is 2. The number of halogens is 1. The van der Waals surface area contributed by atoms with Gasteiger partial charge in [0.15, 0.2) is 0 Å². The Hall–Kier alpha value is -1.68.